The van der Waals surface area contributed by atoms with Gasteiger partial charge in [-0.3, -0.25) is 0 Å². The first-order valence-corrected chi connectivity index (χ1v) is 17.5. The van der Waals surface area contributed by atoms with Crippen molar-refractivity contribution in [1.82, 2.24) is 4.57 Å². The molecule has 0 saturated heterocycles. The maximum absolute atomic E-state index is 12.4. The molecule has 0 aliphatic rings. The molecule has 3 heteroatoms. The molecular formula is C44H56ClNO. The Hall–Kier alpha value is -3.23. The maximum Gasteiger partial charge on any atom is 0.147 e. The van der Waals surface area contributed by atoms with Gasteiger partial charge < -0.3 is 9.67 Å². The SMILES string of the molecule is CC(C)(C)CC(C)(C)c1cc(-c2ccc(C(C)(C)C)c(Cl)c2)c(O)c(-n2c3ccc(C(C)(C)C)cc3c3cc(C(C)(C)C)ccc32)c1. The van der Waals surface area contributed by atoms with Crippen molar-refractivity contribution in [3.63, 3.8) is 0 Å². The van der Waals surface area contributed by atoms with Gasteiger partial charge in [-0.05, 0) is 104 Å². The number of hydrogen-bond acceptors (Lipinski definition) is 1. The lowest BCUT2D eigenvalue weighted by molar-refractivity contribution is 0.284. The summed E-state index contributed by atoms with van der Waals surface area (Å²) >= 11 is 6.94. The van der Waals surface area contributed by atoms with E-state index in [2.05, 4.69) is 162 Å². The third-order valence-corrected chi connectivity index (χ3v) is 9.98. The zero-order valence-electron chi connectivity index (χ0n) is 31.3. The van der Waals surface area contributed by atoms with E-state index >= 15 is 0 Å². The van der Waals surface area contributed by atoms with E-state index in [-0.39, 0.29) is 32.8 Å². The monoisotopic (exact) mass is 649 g/mol. The lowest BCUT2D eigenvalue weighted by Gasteiger charge is -2.34. The van der Waals surface area contributed by atoms with E-state index in [1.807, 2.05) is 6.07 Å². The Labute approximate surface area is 289 Å². The van der Waals surface area contributed by atoms with E-state index in [9.17, 15) is 5.11 Å². The number of phenolic OH excluding ortho intramolecular Hbond substituents is 1. The summed E-state index contributed by atoms with van der Waals surface area (Å²) < 4.78 is 2.28. The molecule has 0 bridgehead atoms. The van der Waals surface area contributed by atoms with Crippen molar-refractivity contribution in [3.8, 4) is 22.6 Å². The summed E-state index contributed by atoms with van der Waals surface area (Å²) in [6.45, 7) is 31.7. The first-order chi connectivity index (χ1) is 21.4. The molecule has 5 rings (SSSR count). The van der Waals surface area contributed by atoms with Crippen LogP contribution in [0.4, 0.5) is 0 Å². The number of aromatic nitrogens is 1. The number of halogens is 1. The highest BCUT2D eigenvalue weighted by atomic mass is 35.5. The molecule has 0 amide bonds. The molecule has 250 valence electrons. The molecule has 1 aromatic heterocycles. The Morgan fingerprint density at radius 3 is 1.51 bits per heavy atom. The van der Waals surface area contributed by atoms with Crippen molar-refractivity contribution in [3.05, 3.63) is 94.0 Å². The summed E-state index contributed by atoms with van der Waals surface area (Å²) in [5.74, 6) is 0.262. The average Bonchev–Trinajstić information content (AvgIpc) is 3.23. The summed E-state index contributed by atoms with van der Waals surface area (Å²) in [5, 5.41) is 15.5. The van der Waals surface area contributed by atoms with Gasteiger partial charge in [0, 0.05) is 21.4 Å². The van der Waals surface area contributed by atoms with Gasteiger partial charge in [0.1, 0.15) is 5.75 Å². The quantitative estimate of drug-likeness (QED) is 0.206. The van der Waals surface area contributed by atoms with Crippen LogP contribution in [0.5, 0.6) is 5.75 Å². The van der Waals surface area contributed by atoms with Crippen LogP contribution in [0.1, 0.15) is 126 Å². The number of nitrogens with zero attached hydrogens (tertiary/aromatic N) is 1. The number of hydrogen-bond donors (Lipinski definition) is 1. The number of fused-ring (bicyclic) bond motifs is 3. The second kappa shape index (κ2) is 11.4. The average molecular weight is 650 g/mol. The lowest BCUT2D eigenvalue weighted by Crippen LogP contribution is -2.25. The zero-order valence-corrected chi connectivity index (χ0v) is 32.1. The minimum Gasteiger partial charge on any atom is -0.505 e. The molecule has 47 heavy (non-hydrogen) atoms. The normalized spacial score (nSPS) is 13.6. The van der Waals surface area contributed by atoms with E-state index < -0.39 is 0 Å². The van der Waals surface area contributed by atoms with E-state index in [4.69, 9.17) is 11.6 Å². The fourth-order valence-electron chi connectivity index (χ4n) is 7.34. The second-order valence-corrected chi connectivity index (χ2v) is 19.2. The summed E-state index contributed by atoms with van der Waals surface area (Å²) in [5.41, 5.74) is 9.48. The first kappa shape index (κ1) is 35.1. The molecule has 0 radical (unpaired) electrons. The molecule has 4 aromatic carbocycles. The van der Waals surface area contributed by atoms with Crippen molar-refractivity contribution in [2.45, 2.75) is 125 Å². The van der Waals surface area contributed by atoms with Crippen LogP contribution in [-0.4, -0.2) is 9.67 Å². The van der Waals surface area contributed by atoms with Crippen LogP contribution in [0.25, 0.3) is 38.6 Å². The number of rotatable bonds is 4. The highest BCUT2D eigenvalue weighted by Crippen LogP contribution is 2.46. The molecule has 0 atom stereocenters. The van der Waals surface area contributed by atoms with Crippen LogP contribution < -0.4 is 0 Å². The molecule has 0 aliphatic carbocycles. The van der Waals surface area contributed by atoms with Gasteiger partial charge in [-0.25, -0.2) is 0 Å². The van der Waals surface area contributed by atoms with Gasteiger partial charge >= 0.3 is 0 Å². The summed E-state index contributed by atoms with van der Waals surface area (Å²) in [4.78, 5) is 0. The molecule has 0 fully saturated rings. The van der Waals surface area contributed by atoms with Crippen molar-refractivity contribution in [2.75, 3.05) is 0 Å². The lowest BCUT2D eigenvalue weighted by atomic mass is 9.71. The van der Waals surface area contributed by atoms with Crippen LogP contribution in [0, 0.1) is 5.41 Å². The fourth-order valence-corrected chi connectivity index (χ4v) is 7.80. The Morgan fingerprint density at radius 2 is 1.09 bits per heavy atom. The second-order valence-electron chi connectivity index (χ2n) is 18.8. The molecule has 5 aromatic rings. The Kier molecular flexibility index (Phi) is 8.54. The standard InChI is InChI=1S/C44H56ClNO/c1-40(2,3)26-44(13,14)30-24-31(27-15-18-34(35(45)21-27)43(10,11)12)39(47)38(25-30)46-36-19-16-28(41(4,5)6)22-32(36)33-23-29(42(7,8)9)17-20-37(33)46/h15-25,47H,26H2,1-14H3. The van der Waals surface area contributed by atoms with Gasteiger partial charge in [0.15, 0.2) is 0 Å². The highest BCUT2D eigenvalue weighted by Gasteiger charge is 2.31. The largest absolute Gasteiger partial charge is 0.505 e. The minimum atomic E-state index is -0.151. The van der Waals surface area contributed by atoms with Crippen molar-refractivity contribution >= 4 is 33.4 Å². The summed E-state index contributed by atoms with van der Waals surface area (Å²) in [6.07, 6.45) is 0.991. The Balaban J connectivity index is 1.90. The summed E-state index contributed by atoms with van der Waals surface area (Å²) in [6, 6.07) is 24.4. The third-order valence-electron chi connectivity index (χ3n) is 9.67. The minimum absolute atomic E-state index is 0.00887. The first-order valence-electron chi connectivity index (χ1n) is 17.2. The molecule has 0 aliphatic heterocycles. The molecule has 1 heterocycles. The van der Waals surface area contributed by atoms with Crippen LogP contribution in [0.2, 0.25) is 5.02 Å². The van der Waals surface area contributed by atoms with Gasteiger partial charge in [0.25, 0.3) is 0 Å². The van der Waals surface area contributed by atoms with Crippen molar-refractivity contribution in [2.24, 2.45) is 5.41 Å². The van der Waals surface area contributed by atoms with Crippen LogP contribution >= 0.6 is 11.6 Å². The molecule has 2 nitrogen and oxygen atoms in total. The smallest absolute Gasteiger partial charge is 0.147 e. The van der Waals surface area contributed by atoms with Crippen LogP contribution in [0.15, 0.2) is 66.7 Å². The van der Waals surface area contributed by atoms with E-state index in [1.165, 1.54) is 27.5 Å². The zero-order chi connectivity index (χ0) is 35.1. The summed E-state index contributed by atoms with van der Waals surface area (Å²) in [7, 11) is 0. The fraction of sp³-hybridized carbons (Fsp3) is 0.455. The van der Waals surface area contributed by atoms with Crippen molar-refractivity contribution in [1.29, 1.82) is 0 Å². The van der Waals surface area contributed by atoms with Gasteiger partial charge in [-0.1, -0.05) is 133 Å². The van der Waals surface area contributed by atoms with Crippen LogP contribution in [-0.2, 0) is 21.7 Å². The van der Waals surface area contributed by atoms with Crippen molar-refractivity contribution < 1.29 is 5.11 Å². The highest BCUT2D eigenvalue weighted by molar-refractivity contribution is 6.31. The molecule has 0 unspecified atom stereocenters. The van der Waals surface area contributed by atoms with Gasteiger partial charge in [-0.2, -0.15) is 0 Å². The van der Waals surface area contributed by atoms with E-state index in [0.29, 0.717) is 0 Å². The van der Waals surface area contributed by atoms with Crippen LogP contribution in [0.3, 0.4) is 0 Å². The molecular weight excluding hydrogens is 594 g/mol. The van der Waals surface area contributed by atoms with Gasteiger partial charge in [0.2, 0.25) is 0 Å². The molecule has 1 N–H and O–H groups in total. The predicted molar refractivity (Wildman–Crippen MR) is 206 cm³/mol. The number of phenols is 1. The van der Waals surface area contributed by atoms with Gasteiger partial charge in [0.05, 0.1) is 16.7 Å². The Morgan fingerprint density at radius 1 is 0.574 bits per heavy atom. The third kappa shape index (κ3) is 6.86. The topological polar surface area (TPSA) is 25.2 Å². The number of aromatic hydroxyl groups is 1. The van der Waals surface area contributed by atoms with E-state index in [0.717, 1.165) is 44.9 Å². The van der Waals surface area contributed by atoms with E-state index in [1.54, 1.807) is 0 Å². The van der Waals surface area contributed by atoms with Gasteiger partial charge in [-0.15, -0.1) is 0 Å². The predicted octanol–water partition coefficient (Wildman–Crippen LogP) is 13.4. The molecule has 0 saturated carbocycles. The Bertz CT molecular complexity index is 1910. The maximum atomic E-state index is 12.4. The number of benzene rings is 4. The molecule has 0 spiro atoms.